The van der Waals surface area contributed by atoms with Gasteiger partial charge in [-0.2, -0.15) is 0 Å². The highest BCUT2D eigenvalue weighted by Gasteiger charge is 2.62. The molecule has 0 aliphatic heterocycles. The zero-order chi connectivity index (χ0) is 16.5. The highest BCUT2D eigenvalue weighted by molar-refractivity contribution is 5.96. The monoisotopic (exact) mass is 317 g/mol. The van der Waals surface area contributed by atoms with Crippen LogP contribution in [0.25, 0.3) is 0 Å². The van der Waals surface area contributed by atoms with E-state index in [1.54, 1.807) is 6.07 Å². The number of amides is 1. The summed E-state index contributed by atoms with van der Waals surface area (Å²) in [4.78, 5) is 13.1. The molecule has 1 amide bonds. The van der Waals surface area contributed by atoms with Crippen molar-refractivity contribution in [2.75, 3.05) is 5.32 Å². The van der Waals surface area contributed by atoms with Crippen LogP contribution in [-0.4, -0.2) is 11.0 Å². The lowest BCUT2D eigenvalue weighted by Gasteiger charge is -2.64. The van der Waals surface area contributed by atoms with E-state index >= 15 is 0 Å². The van der Waals surface area contributed by atoms with Crippen molar-refractivity contribution in [2.45, 2.75) is 52.4 Å². The lowest BCUT2D eigenvalue weighted by Crippen LogP contribution is -2.58. The summed E-state index contributed by atoms with van der Waals surface area (Å²) in [6.45, 7) is 4.62. The first-order chi connectivity index (χ1) is 10.7. The number of hydrogen-bond donors (Lipinski definition) is 2. The first kappa shape index (κ1) is 15.0. The van der Waals surface area contributed by atoms with Crippen LogP contribution in [0.4, 0.5) is 10.1 Å². The molecule has 0 radical (unpaired) electrons. The van der Waals surface area contributed by atoms with Crippen molar-refractivity contribution in [1.29, 1.82) is 0 Å². The van der Waals surface area contributed by atoms with Gasteiger partial charge < -0.3 is 10.4 Å². The topological polar surface area (TPSA) is 49.3 Å². The minimum Gasteiger partial charge on any atom is -0.505 e. The lowest BCUT2D eigenvalue weighted by molar-refractivity contribution is -0.165. The van der Waals surface area contributed by atoms with Gasteiger partial charge in [0.2, 0.25) is 5.91 Å². The Morgan fingerprint density at radius 1 is 1.17 bits per heavy atom. The zero-order valence-corrected chi connectivity index (χ0v) is 13.8. The average molecular weight is 317 g/mol. The second-order valence-corrected chi connectivity index (χ2v) is 9.00. The van der Waals surface area contributed by atoms with E-state index in [1.807, 2.05) is 0 Å². The van der Waals surface area contributed by atoms with Gasteiger partial charge in [0, 0.05) is 0 Å². The van der Waals surface area contributed by atoms with Crippen molar-refractivity contribution >= 4 is 11.6 Å². The molecule has 4 aliphatic rings. The van der Waals surface area contributed by atoms with Crippen LogP contribution in [-0.2, 0) is 4.79 Å². The van der Waals surface area contributed by atoms with Gasteiger partial charge in [-0.25, -0.2) is 4.39 Å². The van der Waals surface area contributed by atoms with Gasteiger partial charge in [0.1, 0.15) is 0 Å². The Bertz CT molecular complexity index is 668. The van der Waals surface area contributed by atoms with Gasteiger partial charge in [-0.05, 0) is 67.4 Å². The van der Waals surface area contributed by atoms with Gasteiger partial charge in [-0.15, -0.1) is 0 Å². The molecule has 4 heteroatoms. The molecule has 0 spiro atoms. The van der Waals surface area contributed by atoms with Crippen LogP contribution in [0.2, 0.25) is 0 Å². The molecule has 2 N–H and O–H groups in total. The summed E-state index contributed by atoms with van der Waals surface area (Å²) in [5, 5.41) is 12.3. The zero-order valence-electron chi connectivity index (χ0n) is 13.8. The number of carbonyl (C=O) groups excluding carboxylic acids is 1. The third-order valence-electron chi connectivity index (χ3n) is 6.33. The second-order valence-electron chi connectivity index (χ2n) is 9.00. The standard InChI is InChI=1S/C19H24FNO2/c1-17-6-12-7-18(2,9-17)11-19(8-12,10-17)16(23)21-13-4-3-5-14(22)15(13)20/h3-5,12,22H,6-11H2,1-2H3,(H,21,23). The Morgan fingerprint density at radius 3 is 2.43 bits per heavy atom. The van der Waals surface area contributed by atoms with Gasteiger partial charge in [0.05, 0.1) is 11.1 Å². The van der Waals surface area contributed by atoms with E-state index in [9.17, 15) is 14.3 Å². The molecule has 23 heavy (non-hydrogen) atoms. The summed E-state index contributed by atoms with van der Waals surface area (Å²) in [6.07, 6.45) is 6.36. The number of phenolic OH excluding ortho intramolecular Hbond substituents is 1. The Balaban J connectivity index is 1.65. The minimum atomic E-state index is -0.747. The molecule has 2 unspecified atom stereocenters. The number of phenols is 1. The summed E-state index contributed by atoms with van der Waals surface area (Å²) in [5.41, 5.74) is 0.188. The predicted octanol–water partition coefficient (Wildman–Crippen LogP) is 4.47. The minimum absolute atomic E-state index is 0.0662. The van der Waals surface area contributed by atoms with Crippen LogP contribution in [0.5, 0.6) is 5.75 Å². The molecule has 4 saturated carbocycles. The number of rotatable bonds is 2. The molecule has 5 rings (SSSR count). The van der Waals surface area contributed by atoms with Gasteiger partial charge in [-0.1, -0.05) is 19.9 Å². The maximum atomic E-state index is 14.0. The molecule has 3 nitrogen and oxygen atoms in total. The second kappa shape index (κ2) is 4.49. The van der Waals surface area contributed by atoms with E-state index in [-0.39, 0.29) is 27.8 Å². The van der Waals surface area contributed by atoms with Crippen molar-refractivity contribution in [2.24, 2.45) is 22.2 Å². The van der Waals surface area contributed by atoms with Crippen molar-refractivity contribution in [3.05, 3.63) is 24.0 Å². The van der Waals surface area contributed by atoms with E-state index < -0.39 is 11.6 Å². The Labute approximate surface area is 136 Å². The fourth-order valence-corrected chi connectivity index (χ4v) is 6.57. The van der Waals surface area contributed by atoms with Crippen LogP contribution in [0, 0.1) is 28.0 Å². The molecule has 0 saturated heterocycles. The molecular formula is C19H24FNO2. The molecule has 4 aliphatic carbocycles. The molecule has 0 aromatic heterocycles. The number of nitrogens with one attached hydrogen (secondary N) is 1. The largest absolute Gasteiger partial charge is 0.505 e. The van der Waals surface area contributed by atoms with Crippen LogP contribution in [0.1, 0.15) is 52.4 Å². The third kappa shape index (κ3) is 2.26. The highest BCUT2D eigenvalue weighted by atomic mass is 19.1. The smallest absolute Gasteiger partial charge is 0.230 e. The van der Waals surface area contributed by atoms with Crippen molar-refractivity contribution in [3.8, 4) is 5.75 Å². The van der Waals surface area contributed by atoms with Crippen molar-refractivity contribution in [1.82, 2.24) is 0 Å². The molecule has 1 aromatic rings. The maximum absolute atomic E-state index is 14.0. The lowest BCUT2D eigenvalue weighted by atomic mass is 9.40. The number of benzene rings is 1. The average Bonchev–Trinajstić information content (AvgIpc) is 2.39. The molecule has 0 heterocycles. The normalized spacial score (nSPS) is 41.1. The molecule has 2 atom stereocenters. The first-order valence-electron chi connectivity index (χ1n) is 8.52. The number of aromatic hydroxyl groups is 1. The molecule has 1 aromatic carbocycles. The number of carbonyl (C=O) groups is 1. The quantitative estimate of drug-likeness (QED) is 0.845. The first-order valence-corrected chi connectivity index (χ1v) is 8.52. The molecule has 4 fully saturated rings. The summed E-state index contributed by atoms with van der Waals surface area (Å²) >= 11 is 0. The summed E-state index contributed by atoms with van der Waals surface area (Å²) in [6, 6.07) is 4.35. The van der Waals surface area contributed by atoms with Crippen molar-refractivity contribution in [3.63, 3.8) is 0 Å². The fourth-order valence-electron chi connectivity index (χ4n) is 6.57. The number of anilines is 1. The van der Waals surface area contributed by atoms with Crippen LogP contribution < -0.4 is 5.32 Å². The Hall–Kier alpha value is -1.58. The van der Waals surface area contributed by atoms with Crippen LogP contribution in [0.15, 0.2) is 18.2 Å². The van der Waals surface area contributed by atoms with Gasteiger partial charge in [-0.3, -0.25) is 4.79 Å². The predicted molar refractivity (Wildman–Crippen MR) is 86.5 cm³/mol. The fraction of sp³-hybridized carbons (Fsp3) is 0.632. The highest BCUT2D eigenvalue weighted by Crippen LogP contribution is 2.69. The van der Waals surface area contributed by atoms with Crippen LogP contribution >= 0.6 is 0 Å². The van der Waals surface area contributed by atoms with E-state index in [4.69, 9.17) is 0 Å². The van der Waals surface area contributed by atoms with Gasteiger partial charge in [0.25, 0.3) is 0 Å². The van der Waals surface area contributed by atoms with E-state index in [0.717, 1.165) is 19.3 Å². The van der Waals surface area contributed by atoms with E-state index in [0.29, 0.717) is 5.92 Å². The Kier molecular flexibility index (Phi) is 2.92. The van der Waals surface area contributed by atoms with E-state index in [1.165, 1.54) is 31.4 Å². The number of hydrogen-bond acceptors (Lipinski definition) is 2. The van der Waals surface area contributed by atoms with Gasteiger partial charge >= 0.3 is 0 Å². The van der Waals surface area contributed by atoms with Gasteiger partial charge in [0.15, 0.2) is 11.6 Å². The summed E-state index contributed by atoms with van der Waals surface area (Å²) in [7, 11) is 0. The van der Waals surface area contributed by atoms with E-state index in [2.05, 4.69) is 19.2 Å². The SMILES string of the molecule is CC12CC3CC(C)(C1)CC(C(=O)Nc1cccc(O)c1F)(C3)C2. The molecule has 124 valence electrons. The number of halogens is 1. The van der Waals surface area contributed by atoms with Crippen LogP contribution in [0.3, 0.4) is 0 Å². The third-order valence-corrected chi connectivity index (χ3v) is 6.33. The molecule has 4 bridgehead atoms. The Morgan fingerprint density at radius 2 is 1.83 bits per heavy atom. The summed E-state index contributed by atoms with van der Waals surface area (Å²) < 4.78 is 14.0. The van der Waals surface area contributed by atoms with Crippen molar-refractivity contribution < 1.29 is 14.3 Å². The summed E-state index contributed by atoms with van der Waals surface area (Å²) in [5.74, 6) is -0.625. The maximum Gasteiger partial charge on any atom is 0.230 e. The molecular weight excluding hydrogens is 293 g/mol.